The molecular formula is C15H20F2O2. The van der Waals surface area contributed by atoms with Crippen LogP contribution in [-0.4, -0.2) is 22.4 Å². The first-order valence-corrected chi connectivity index (χ1v) is 6.88. The molecule has 0 heterocycles. The molecule has 19 heavy (non-hydrogen) atoms. The zero-order valence-electron chi connectivity index (χ0n) is 10.9. The van der Waals surface area contributed by atoms with Gasteiger partial charge in [0, 0.05) is 6.42 Å². The maximum Gasteiger partial charge on any atom is 0.162 e. The molecule has 0 amide bonds. The van der Waals surface area contributed by atoms with Gasteiger partial charge in [-0.15, -0.1) is 0 Å². The molecule has 0 aliphatic heterocycles. The summed E-state index contributed by atoms with van der Waals surface area (Å²) < 4.78 is 26.6. The topological polar surface area (TPSA) is 40.5 Å². The van der Waals surface area contributed by atoms with Crippen molar-refractivity contribution in [1.29, 1.82) is 0 Å². The SMILES string of the molecule is OC(Cc1cccc(F)c1F)C(O)C1CCCCC1. The van der Waals surface area contributed by atoms with Crippen LogP contribution in [-0.2, 0) is 6.42 Å². The Morgan fingerprint density at radius 3 is 2.47 bits per heavy atom. The Morgan fingerprint density at radius 2 is 1.79 bits per heavy atom. The molecule has 2 unspecified atom stereocenters. The number of halogens is 2. The van der Waals surface area contributed by atoms with Crippen LogP contribution in [0.5, 0.6) is 0 Å². The third-order valence-corrected chi connectivity index (χ3v) is 3.99. The lowest BCUT2D eigenvalue weighted by atomic mass is 9.82. The van der Waals surface area contributed by atoms with Crippen LogP contribution in [0.1, 0.15) is 37.7 Å². The van der Waals surface area contributed by atoms with E-state index in [1.54, 1.807) is 0 Å². The van der Waals surface area contributed by atoms with E-state index < -0.39 is 23.8 Å². The molecule has 0 aromatic heterocycles. The van der Waals surface area contributed by atoms with Crippen molar-refractivity contribution in [3.8, 4) is 0 Å². The molecule has 0 spiro atoms. The monoisotopic (exact) mass is 270 g/mol. The van der Waals surface area contributed by atoms with E-state index >= 15 is 0 Å². The standard InChI is InChI=1S/C15H20F2O2/c16-12-8-4-7-11(14(12)17)9-13(18)15(19)10-5-2-1-3-6-10/h4,7-8,10,13,15,18-19H,1-3,5-6,9H2. The maximum atomic E-state index is 13.5. The molecule has 0 radical (unpaired) electrons. The van der Waals surface area contributed by atoms with E-state index in [2.05, 4.69) is 0 Å². The Morgan fingerprint density at radius 1 is 1.11 bits per heavy atom. The number of hydrogen-bond donors (Lipinski definition) is 2. The van der Waals surface area contributed by atoms with Gasteiger partial charge in [0.1, 0.15) is 0 Å². The van der Waals surface area contributed by atoms with E-state index in [0.29, 0.717) is 0 Å². The van der Waals surface area contributed by atoms with Crippen LogP contribution in [0, 0.1) is 17.6 Å². The van der Waals surface area contributed by atoms with Gasteiger partial charge in [-0.3, -0.25) is 0 Å². The molecule has 2 rings (SSSR count). The number of aliphatic hydroxyl groups excluding tert-OH is 2. The third kappa shape index (κ3) is 3.51. The number of benzene rings is 1. The molecule has 1 fully saturated rings. The summed E-state index contributed by atoms with van der Waals surface area (Å²) in [5, 5.41) is 20.1. The van der Waals surface area contributed by atoms with E-state index in [1.807, 2.05) is 0 Å². The van der Waals surface area contributed by atoms with Crippen LogP contribution in [0.15, 0.2) is 18.2 Å². The van der Waals surface area contributed by atoms with E-state index in [1.165, 1.54) is 12.1 Å². The number of rotatable bonds is 4. The van der Waals surface area contributed by atoms with Crippen LogP contribution in [0.25, 0.3) is 0 Å². The lowest BCUT2D eigenvalue weighted by Crippen LogP contribution is -2.36. The number of hydrogen-bond acceptors (Lipinski definition) is 2. The van der Waals surface area contributed by atoms with Crippen molar-refractivity contribution in [3.63, 3.8) is 0 Å². The van der Waals surface area contributed by atoms with Gasteiger partial charge in [0.25, 0.3) is 0 Å². The fourth-order valence-electron chi connectivity index (χ4n) is 2.84. The molecular weight excluding hydrogens is 250 g/mol. The average Bonchev–Trinajstić information content (AvgIpc) is 2.44. The second kappa shape index (κ2) is 6.44. The quantitative estimate of drug-likeness (QED) is 0.883. The van der Waals surface area contributed by atoms with Gasteiger partial charge in [-0.25, -0.2) is 8.78 Å². The normalized spacial score (nSPS) is 20.2. The zero-order valence-corrected chi connectivity index (χ0v) is 10.9. The average molecular weight is 270 g/mol. The first-order valence-electron chi connectivity index (χ1n) is 6.88. The first kappa shape index (κ1) is 14.4. The Balaban J connectivity index is 1.99. The molecule has 0 saturated heterocycles. The largest absolute Gasteiger partial charge is 0.390 e. The maximum absolute atomic E-state index is 13.5. The van der Waals surface area contributed by atoms with Gasteiger partial charge in [-0.05, 0) is 30.4 Å². The molecule has 0 bridgehead atoms. The van der Waals surface area contributed by atoms with Gasteiger partial charge in [0.2, 0.25) is 0 Å². The molecule has 1 aliphatic carbocycles. The summed E-state index contributed by atoms with van der Waals surface area (Å²) in [4.78, 5) is 0. The van der Waals surface area contributed by atoms with Gasteiger partial charge < -0.3 is 10.2 Å². The van der Waals surface area contributed by atoms with E-state index in [4.69, 9.17) is 0 Å². The molecule has 2 atom stereocenters. The molecule has 2 N–H and O–H groups in total. The van der Waals surface area contributed by atoms with Crippen molar-refractivity contribution in [2.45, 2.75) is 50.7 Å². The fourth-order valence-corrected chi connectivity index (χ4v) is 2.84. The highest BCUT2D eigenvalue weighted by atomic mass is 19.2. The second-order valence-corrected chi connectivity index (χ2v) is 5.37. The van der Waals surface area contributed by atoms with E-state index in [-0.39, 0.29) is 17.9 Å². The summed E-state index contributed by atoms with van der Waals surface area (Å²) >= 11 is 0. The van der Waals surface area contributed by atoms with Crippen molar-refractivity contribution >= 4 is 0 Å². The first-order chi connectivity index (χ1) is 9.09. The van der Waals surface area contributed by atoms with Crippen LogP contribution in [0.4, 0.5) is 8.78 Å². The highest BCUT2D eigenvalue weighted by Gasteiger charge is 2.28. The molecule has 4 heteroatoms. The molecule has 1 aliphatic rings. The lowest BCUT2D eigenvalue weighted by molar-refractivity contribution is -0.0267. The van der Waals surface area contributed by atoms with E-state index in [0.717, 1.165) is 38.2 Å². The minimum atomic E-state index is -1.04. The van der Waals surface area contributed by atoms with Gasteiger partial charge >= 0.3 is 0 Å². The summed E-state index contributed by atoms with van der Waals surface area (Å²) in [7, 11) is 0. The highest BCUT2D eigenvalue weighted by Crippen LogP contribution is 2.28. The number of aliphatic hydroxyl groups is 2. The van der Waals surface area contributed by atoms with Crippen molar-refractivity contribution in [2.24, 2.45) is 5.92 Å². The summed E-state index contributed by atoms with van der Waals surface area (Å²) in [6, 6.07) is 3.89. The van der Waals surface area contributed by atoms with Crippen molar-refractivity contribution in [1.82, 2.24) is 0 Å². The molecule has 1 aromatic carbocycles. The van der Waals surface area contributed by atoms with Gasteiger partial charge in [-0.2, -0.15) is 0 Å². The Labute approximate surface area is 112 Å². The lowest BCUT2D eigenvalue weighted by Gasteiger charge is -2.29. The molecule has 1 aromatic rings. The van der Waals surface area contributed by atoms with E-state index in [9.17, 15) is 19.0 Å². The van der Waals surface area contributed by atoms with Crippen molar-refractivity contribution < 1.29 is 19.0 Å². The van der Waals surface area contributed by atoms with Gasteiger partial charge in [0.05, 0.1) is 12.2 Å². The van der Waals surface area contributed by atoms with Crippen LogP contribution in [0.3, 0.4) is 0 Å². The van der Waals surface area contributed by atoms with Crippen molar-refractivity contribution in [3.05, 3.63) is 35.4 Å². The Kier molecular flexibility index (Phi) is 4.88. The smallest absolute Gasteiger partial charge is 0.162 e. The molecule has 106 valence electrons. The third-order valence-electron chi connectivity index (χ3n) is 3.99. The summed E-state index contributed by atoms with van der Waals surface area (Å²) in [6.45, 7) is 0. The van der Waals surface area contributed by atoms with Gasteiger partial charge in [-0.1, -0.05) is 31.4 Å². The van der Waals surface area contributed by atoms with Gasteiger partial charge in [0.15, 0.2) is 11.6 Å². The predicted octanol–water partition coefficient (Wildman–Crippen LogP) is 2.81. The summed E-state index contributed by atoms with van der Waals surface area (Å²) in [5.74, 6) is -1.78. The minimum absolute atomic E-state index is 0.0543. The fraction of sp³-hybridized carbons (Fsp3) is 0.600. The Hall–Kier alpha value is -1.00. The predicted molar refractivity (Wildman–Crippen MR) is 68.7 cm³/mol. The molecule has 1 saturated carbocycles. The minimum Gasteiger partial charge on any atom is -0.390 e. The Bertz CT molecular complexity index is 417. The van der Waals surface area contributed by atoms with Crippen LogP contribution >= 0.6 is 0 Å². The highest BCUT2D eigenvalue weighted by molar-refractivity contribution is 5.20. The summed E-state index contributed by atoms with van der Waals surface area (Å²) in [6.07, 6.45) is 3.11. The van der Waals surface area contributed by atoms with Crippen molar-refractivity contribution in [2.75, 3.05) is 0 Å². The van der Waals surface area contributed by atoms with Crippen LogP contribution in [0.2, 0.25) is 0 Å². The van der Waals surface area contributed by atoms with Crippen LogP contribution < -0.4 is 0 Å². The molecule has 2 nitrogen and oxygen atoms in total. The summed E-state index contributed by atoms with van der Waals surface area (Å²) in [5.41, 5.74) is 0.113. The second-order valence-electron chi connectivity index (χ2n) is 5.37. The zero-order chi connectivity index (χ0) is 13.8.